The molecule has 1 aliphatic heterocycles. The van der Waals surface area contributed by atoms with Crippen molar-refractivity contribution in [2.45, 2.75) is 12.5 Å². The number of hydrogen-bond donors (Lipinski definition) is 1. The molecule has 0 saturated heterocycles. The van der Waals surface area contributed by atoms with Gasteiger partial charge in [-0.2, -0.15) is 0 Å². The molecule has 0 aromatic carbocycles. The minimum absolute atomic E-state index is 0.0380. The van der Waals surface area contributed by atoms with Crippen LogP contribution < -0.4 is 5.32 Å². The summed E-state index contributed by atoms with van der Waals surface area (Å²) in [6.07, 6.45) is 2.56. The standard InChI is InChI=1S/C10H19NO4S/c1-14-6-7-15-5-2-4-11-10-3-8-16(12,13)9-10/h3,8,10-11H,2,4-7,9H2,1H3. The van der Waals surface area contributed by atoms with E-state index in [1.807, 2.05) is 0 Å². The Morgan fingerprint density at radius 2 is 2.19 bits per heavy atom. The number of hydrogen-bond acceptors (Lipinski definition) is 5. The number of methoxy groups -OCH3 is 1. The summed E-state index contributed by atoms with van der Waals surface area (Å²) >= 11 is 0. The predicted molar refractivity (Wildman–Crippen MR) is 62.0 cm³/mol. The summed E-state index contributed by atoms with van der Waals surface area (Å²) < 4.78 is 32.3. The molecule has 1 heterocycles. The first-order chi connectivity index (χ1) is 7.64. The van der Waals surface area contributed by atoms with Gasteiger partial charge < -0.3 is 14.8 Å². The Labute approximate surface area is 96.7 Å². The molecule has 1 atom stereocenters. The van der Waals surface area contributed by atoms with Crippen LogP contribution in [0.25, 0.3) is 0 Å². The van der Waals surface area contributed by atoms with Gasteiger partial charge in [0, 0.05) is 25.2 Å². The fourth-order valence-electron chi connectivity index (χ4n) is 1.41. The van der Waals surface area contributed by atoms with E-state index in [2.05, 4.69) is 5.32 Å². The fraction of sp³-hybridized carbons (Fsp3) is 0.800. The first kappa shape index (κ1) is 13.6. The largest absolute Gasteiger partial charge is 0.382 e. The quantitative estimate of drug-likeness (QED) is 0.611. The molecular weight excluding hydrogens is 230 g/mol. The summed E-state index contributed by atoms with van der Waals surface area (Å²) in [5, 5.41) is 4.43. The lowest BCUT2D eigenvalue weighted by atomic mass is 10.3. The van der Waals surface area contributed by atoms with Crippen LogP contribution in [0.2, 0.25) is 0 Å². The summed E-state index contributed by atoms with van der Waals surface area (Å²) in [5.41, 5.74) is 0. The zero-order chi connectivity index (χ0) is 11.9. The molecule has 1 aliphatic rings. The molecule has 94 valence electrons. The van der Waals surface area contributed by atoms with E-state index in [-0.39, 0.29) is 11.8 Å². The van der Waals surface area contributed by atoms with Crippen molar-refractivity contribution in [1.82, 2.24) is 5.32 Å². The number of ether oxygens (including phenoxy) is 2. The van der Waals surface area contributed by atoms with Crippen LogP contribution in [0, 0.1) is 0 Å². The summed E-state index contributed by atoms with van der Waals surface area (Å²) in [5.74, 6) is 0.178. The Morgan fingerprint density at radius 1 is 1.38 bits per heavy atom. The first-order valence-electron chi connectivity index (χ1n) is 5.35. The molecule has 0 aromatic rings. The van der Waals surface area contributed by atoms with Crippen molar-refractivity contribution in [2.24, 2.45) is 0 Å². The Hall–Kier alpha value is -0.430. The van der Waals surface area contributed by atoms with E-state index in [1.165, 1.54) is 5.41 Å². The van der Waals surface area contributed by atoms with Gasteiger partial charge in [-0.25, -0.2) is 8.42 Å². The van der Waals surface area contributed by atoms with Gasteiger partial charge in [0.15, 0.2) is 9.84 Å². The highest BCUT2D eigenvalue weighted by atomic mass is 32.2. The molecule has 1 N–H and O–H groups in total. The third kappa shape index (κ3) is 5.60. The molecule has 0 amide bonds. The molecule has 0 aromatic heterocycles. The molecular formula is C10H19NO4S. The third-order valence-electron chi connectivity index (χ3n) is 2.23. The van der Waals surface area contributed by atoms with Gasteiger partial charge in [0.05, 0.1) is 19.0 Å². The minimum Gasteiger partial charge on any atom is -0.382 e. The Morgan fingerprint density at radius 3 is 2.81 bits per heavy atom. The van der Waals surface area contributed by atoms with Crippen LogP contribution >= 0.6 is 0 Å². The fourth-order valence-corrected chi connectivity index (χ4v) is 2.68. The Kier molecular flexibility index (Phi) is 5.97. The topological polar surface area (TPSA) is 64.6 Å². The van der Waals surface area contributed by atoms with E-state index in [4.69, 9.17) is 9.47 Å². The van der Waals surface area contributed by atoms with E-state index in [0.29, 0.717) is 19.8 Å². The summed E-state index contributed by atoms with van der Waals surface area (Å²) in [7, 11) is -1.30. The van der Waals surface area contributed by atoms with Gasteiger partial charge in [0.25, 0.3) is 0 Å². The van der Waals surface area contributed by atoms with E-state index >= 15 is 0 Å². The van der Waals surface area contributed by atoms with Crippen molar-refractivity contribution in [3.8, 4) is 0 Å². The molecule has 0 aliphatic carbocycles. The van der Waals surface area contributed by atoms with Crippen LogP contribution in [0.4, 0.5) is 0 Å². The lowest BCUT2D eigenvalue weighted by molar-refractivity contribution is 0.0694. The molecule has 6 heteroatoms. The van der Waals surface area contributed by atoms with Crippen LogP contribution in [0.5, 0.6) is 0 Å². The lowest BCUT2D eigenvalue weighted by Gasteiger charge is -2.09. The van der Waals surface area contributed by atoms with E-state index in [1.54, 1.807) is 13.2 Å². The monoisotopic (exact) mass is 249 g/mol. The highest BCUT2D eigenvalue weighted by Gasteiger charge is 2.20. The molecule has 0 saturated carbocycles. The van der Waals surface area contributed by atoms with Gasteiger partial charge in [-0.3, -0.25) is 0 Å². The number of sulfone groups is 1. The maximum Gasteiger partial charge on any atom is 0.173 e. The van der Waals surface area contributed by atoms with E-state index in [9.17, 15) is 8.42 Å². The second kappa shape index (κ2) is 7.01. The third-order valence-corrected chi connectivity index (χ3v) is 3.63. The highest BCUT2D eigenvalue weighted by molar-refractivity contribution is 7.94. The van der Waals surface area contributed by atoms with Crippen LogP contribution in [0.15, 0.2) is 11.5 Å². The minimum atomic E-state index is -2.94. The van der Waals surface area contributed by atoms with Crippen LogP contribution in [0.1, 0.15) is 6.42 Å². The molecule has 0 bridgehead atoms. The van der Waals surface area contributed by atoms with E-state index < -0.39 is 9.84 Å². The lowest BCUT2D eigenvalue weighted by Crippen LogP contribution is -2.31. The van der Waals surface area contributed by atoms with Crippen molar-refractivity contribution in [3.05, 3.63) is 11.5 Å². The zero-order valence-electron chi connectivity index (χ0n) is 9.52. The molecule has 1 unspecified atom stereocenters. The van der Waals surface area contributed by atoms with Gasteiger partial charge >= 0.3 is 0 Å². The summed E-state index contributed by atoms with van der Waals surface area (Å²) in [4.78, 5) is 0. The van der Waals surface area contributed by atoms with Gasteiger partial charge in [-0.15, -0.1) is 0 Å². The first-order valence-corrected chi connectivity index (χ1v) is 7.06. The predicted octanol–water partition coefficient (Wildman–Crippen LogP) is -0.0602. The van der Waals surface area contributed by atoms with Gasteiger partial charge in [0.2, 0.25) is 0 Å². The van der Waals surface area contributed by atoms with Gasteiger partial charge in [-0.05, 0) is 13.0 Å². The summed E-state index contributed by atoms with van der Waals surface area (Å²) in [6.45, 7) is 2.64. The molecule has 0 spiro atoms. The second-order valence-corrected chi connectivity index (χ2v) is 5.61. The summed E-state index contributed by atoms with van der Waals surface area (Å²) in [6, 6.07) is -0.0380. The van der Waals surface area contributed by atoms with E-state index in [0.717, 1.165) is 13.0 Å². The smallest absolute Gasteiger partial charge is 0.173 e. The van der Waals surface area contributed by atoms with Crippen molar-refractivity contribution in [1.29, 1.82) is 0 Å². The zero-order valence-corrected chi connectivity index (χ0v) is 10.3. The van der Waals surface area contributed by atoms with Crippen LogP contribution in [0.3, 0.4) is 0 Å². The average molecular weight is 249 g/mol. The SMILES string of the molecule is COCCOCCCNC1C=CS(=O)(=O)C1. The van der Waals surface area contributed by atoms with Gasteiger partial charge in [-0.1, -0.05) is 6.08 Å². The van der Waals surface area contributed by atoms with Gasteiger partial charge in [0.1, 0.15) is 0 Å². The maximum atomic E-state index is 11.1. The van der Waals surface area contributed by atoms with Crippen molar-refractivity contribution in [3.63, 3.8) is 0 Å². The van der Waals surface area contributed by atoms with Crippen molar-refractivity contribution < 1.29 is 17.9 Å². The normalized spacial score (nSPS) is 22.7. The molecule has 5 nitrogen and oxygen atoms in total. The average Bonchev–Trinajstić information content (AvgIpc) is 2.57. The van der Waals surface area contributed by atoms with Crippen molar-refractivity contribution >= 4 is 9.84 Å². The molecule has 16 heavy (non-hydrogen) atoms. The Bertz CT molecular complexity index is 313. The van der Waals surface area contributed by atoms with Crippen LogP contribution in [-0.4, -0.2) is 53.7 Å². The second-order valence-electron chi connectivity index (χ2n) is 3.68. The molecule has 1 rings (SSSR count). The number of rotatable bonds is 8. The maximum absolute atomic E-state index is 11.1. The van der Waals surface area contributed by atoms with Crippen molar-refractivity contribution in [2.75, 3.05) is 39.2 Å². The van der Waals surface area contributed by atoms with Crippen LogP contribution in [-0.2, 0) is 19.3 Å². The highest BCUT2D eigenvalue weighted by Crippen LogP contribution is 2.07. The Balaban J connectivity index is 1.95. The number of nitrogens with one attached hydrogen (secondary N) is 1. The molecule has 0 radical (unpaired) electrons. The molecule has 0 fully saturated rings.